The van der Waals surface area contributed by atoms with E-state index in [0.717, 1.165) is 0 Å². The first-order valence-corrected chi connectivity index (χ1v) is 8.79. The van der Waals surface area contributed by atoms with Crippen LogP contribution < -0.4 is 0 Å². The fourth-order valence-corrected chi connectivity index (χ4v) is 3.65. The molecule has 1 aliphatic rings. The number of carbonyl (C=O) groups excluding carboxylic acids is 1. The summed E-state index contributed by atoms with van der Waals surface area (Å²) in [5.74, 6) is -1.35. The molecule has 0 spiro atoms. The zero-order chi connectivity index (χ0) is 18.8. The minimum Gasteiger partial charge on any atom is -0.478 e. The van der Waals surface area contributed by atoms with Crippen LogP contribution in [0.4, 0.5) is 0 Å². The lowest BCUT2D eigenvalue weighted by Gasteiger charge is -2.14. The lowest BCUT2D eigenvalue weighted by molar-refractivity contribution is -0.143. The molecule has 0 amide bonds. The van der Waals surface area contributed by atoms with Gasteiger partial charge in [0.25, 0.3) is 0 Å². The van der Waals surface area contributed by atoms with Crippen molar-refractivity contribution in [3.05, 3.63) is 95.1 Å². The molecule has 0 radical (unpaired) electrons. The Labute approximate surface area is 157 Å². The Hall–Kier alpha value is -3.40. The predicted octanol–water partition coefficient (Wildman–Crippen LogP) is 4.28. The SMILES string of the molecule is O=C(Cc1cccc(C(=O)O)c1)OCC1c2ccccc2-c2ccccc21. The molecule has 0 unspecified atom stereocenters. The van der Waals surface area contributed by atoms with Gasteiger partial charge in [0, 0.05) is 5.92 Å². The Bertz CT molecular complexity index is 977. The molecule has 3 aromatic rings. The Morgan fingerprint density at radius 3 is 2.11 bits per heavy atom. The minimum absolute atomic E-state index is 0.0201. The van der Waals surface area contributed by atoms with Crippen LogP contribution in [0.2, 0.25) is 0 Å². The zero-order valence-electron chi connectivity index (χ0n) is 14.6. The number of hydrogen-bond acceptors (Lipinski definition) is 3. The van der Waals surface area contributed by atoms with Crippen molar-refractivity contribution in [2.45, 2.75) is 12.3 Å². The van der Waals surface area contributed by atoms with E-state index < -0.39 is 5.97 Å². The summed E-state index contributed by atoms with van der Waals surface area (Å²) in [5, 5.41) is 9.06. The Morgan fingerprint density at radius 2 is 1.48 bits per heavy atom. The fourth-order valence-electron chi connectivity index (χ4n) is 3.65. The molecular formula is C23H18O4. The quantitative estimate of drug-likeness (QED) is 0.692. The Balaban J connectivity index is 1.48. The van der Waals surface area contributed by atoms with Gasteiger partial charge in [-0.2, -0.15) is 0 Å². The summed E-state index contributed by atoms with van der Waals surface area (Å²) in [6, 6.07) is 22.7. The number of aromatic carboxylic acids is 1. The van der Waals surface area contributed by atoms with Crippen molar-refractivity contribution in [2.75, 3.05) is 6.61 Å². The van der Waals surface area contributed by atoms with E-state index in [-0.39, 0.29) is 30.5 Å². The standard InChI is InChI=1S/C23H18O4/c24-22(13-15-6-5-7-16(12-15)23(25)26)27-14-21-19-10-3-1-8-17(19)18-9-2-4-11-20(18)21/h1-12,21H,13-14H2,(H,25,26). The smallest absolute Gasteiger partial charge is 0.335 e. The molecule has 0 bridgehead atoms. The van der Waals surface area contributed by atoms with E-state index in [2.05, 4.69) is 24.3 Å². The van der Waals surface area contributed by atoms with Crippen LogP contribution in [-0.2, 0) is 16.0 Å². The maximum Gasteiger partial charge on any atom is 0.335 e. The van der Waals surface area contributed by atoms with Crippen LogP contribution in [0, 0.1) is 0 Å². The summed E-state index contributed by atoms with van der Waals surface area (Å²) >= 11 is 0. The van der Waals surface area contributed by atoms with Crippen LogP contribution in [0.5, 0.6) is 0 Å². The van der Waals surface area contributed by atoms with Crippen LogP contribution in [-0.4, -0.2) is 23.7 Å². The van der Waals surface area contributed by atoms with Gasteiger partial charge in [0.15, 0.2) is 0 Å². The zero-order valence-corrected chi connectivity index (χ0v) is 14.6. The number of ether oxygens (including phenoxy) is 1. The maximum atomic E-state index is 12.3. The largest absolute Gasteiger partial charge is 0.478 e. The average Bonchev–Trinajstić information content (AvgIpc) is 3.00. The van der Waals surface area contributed by atoms with Gasteiger partial charge in [0.2, 0.25) is 0 Å². The van der Waals surface area contributed by atoms with Crippen molar-refractivity contribution in [3.63, 3.8) is 0 Å². The number of carbonyl (C=O) groups is 2. The monoisotopic (exact) mass is 358 g/mol. The molecular weight excluding hydrogens is 340 g/mol. The first-order valence-electron chi connectivity index (χ1n) is 8.79. The van der Waals surface area contributed by atoms with Crippen LogP contribution >= 0.6 is 0 Å². The molecule has 4 nitrogen and oxygen atoms in total. The third kappa shape index (κ3) is 3.34. The molecule has 0 saturated heterocycles. The molecule has 0 aliphatic heterocycles. The van der Waals surface area contributed by atoms with Crippen LogP contribution in [0.25, 0.3) is 11.1 Å². The number of rotatable bonds is 5. The average molecular weight is 358 g/mol. The Kier molecular flexibility index (Phi) is 4.47. The summed E-state index contributed by atoms with van der Waals surface area (Å²) in [5.41, 5.74) is 5.50. The van der Waals surface area contributed by atoms with Crippen LogP contribution in [0.3, 0.4) is 0 Å². The van der Waals surface area contributed by atoms with Gasteiger partial charge in [0.1, 0.15) is 6.61 Å². The van der Waals surface area contributed by atoms with Crippen molar-refractivity contribution in [2.24, 2.45) is 0 Å². The number of carboxylic acids is 1. The summed E-state index contributed by atoms with van der Waals surface area (Å²) in [6.45, 7) is 0.269. The highest BCUT2D eigenvalue weighted by Crippen LogP contribution is 2.44. The summed E-state index contributed by atoms with van der Waals surface area (Å²) in [6.07, 6.45) is 0.0527. The molecule has 1 aliphatic carbocycles. The number of fused-ring (bicyclic) bond motifs is 3. The lowest BCUT2D eigenvalue weighted by atomic mass is 9.98. The van der Waals surface area contributed by atoms with Crippen molar-refractivity contribution >= 4 is 11.9 Å². The lowest BCUT2D eigenvalue weighted by Crippen LogP contribution is -2.14. The molecule has 0 saturated carbocycles. The van der Waals surface area contributed by atoms with E-state index in [9.17, 15) is 9.59 Å². The van der Waals surface area contributed by atoms with E-state index in [4.69, 9.17) is 9.84 Å². The first-order chi connectivity index (χ1) is 13.1. The van der Waals surface area contributed by atoms with Gasteiger partial charge in [0.05, 0.1) is 12.0 Å². The fraction of sp³-hybridized carbons (Fsp3) is 0.130. The number of hydrogen-bond donors (Lipinski definition) is 1. The van der Waals surface area contributed by atoms with E-state index in [1.807, 2.05) is 24.3 Å². The van der Waals surface area contributed by atoms with Crippen molar-refractivity contribution in [1.29, 1.82) is 0 Å². The first kappa shape index (κ1) is 17.0. The van der Waals surface area contributed by atoms with E-state index in [1.165, 1.54) is 34.4 Å². The highest BCUT2D eigenvalue weighted by molar-refractivity contribution is 5.88. The second-order valence-electron chi connectivity index (χ2n) is 6.59. The number of esters is 1. The molecule has 0 heterocycles. The number of carboxylic acid groups (broad SMARTS) is 1. The topological polar surface area (TPSA) is 63.6 Å². The molecule has 134 valence electrons. The van der Waals surface area contributed by atoms with Crippen molar-refractivity contribution in [1.82, 2.24) is 0 Å². The van der Waals surface area contributed by atoms with Gasteiger partial charge in [-0.1, -0.05) is 60.7 Å². The second kappa shape index (κ2) is 7.08. The molecule has 0 aromatic heterocycles. The summed E-state index contributed by atoms with van der Waals surface area (Å²) < 4.78 is 5.56. The van der Waals surface area contributed by atoms with Crippen LogP contribution in [0.1, 0.15) is 33.0 Å². The molecule has 1 N–H and O–H groups in total. The molecule has 4 heteroatoms. The highest BCUT2D eigenvalue weighted by Gasteiger charge is 2.28. The molecule has 0 atom stereocenters. The van der Waals surface area contributed by atoms with Gasteiger partial charge in [-0.15, -0.1) is 0 Å². The van der Waals surface area contributed by atoms with Crippen LogP contribution in [0.15, 0.2) is 72.8 Å². The van der Waals surface area contributed by atoms with Gasteiger partial charge in [-0.25, -0.2) is 4.79 Å². The molecule has 4 rings (SSSR count). The highest BCUT2D eigenvalue weighted by atomic mass is 16.5. The normalized spacial score (nSPS) is 12.3. The predicted molar refractivity (Wildman–Crippen MR) is 102 cm³/mol. The third-order valence-corrected chi connectivity index (χ3v) is 4.90. The van der Waals surface area contributed by atoms with Gasteiger partial charge in [-0.05, 0) is 39.9 Å². The van der Waals surface area contributed by atoms with E-state index in [0.29, 0.717) is 5.56 Å². The summed E-state index contributed by atoms with van der Waals surface area (Å²) in [7, 11) is 0. The summed E-state index contributed by atoms with van der Waals surface area (Å²) in [4.78, 5) is 23.4. The van der Waals surface area contributed by atoms with Gasteiger partial charge < -0.3 is 9.84 Å². The molecule has 27 heavy (non-hydrogen) atoms. The van der Waals surface area contributed by atoms with E-state index in [1.54, 1.807) is 12.1 Å². The minimum atomic E-state index is -1.01. The second-order valence-corrected chi connectivity index (χ2v) is 6.59. The van der Waals surface area contributed by atoms with E-state index >= 15 is 0 Å². The van der Waals surface area contributed by atoms with Gasteiger partial charge in [-0.3, -0.25) is 4.79 Å². The molecule has 0 fully saturated rings. The van der Waals surface area contributed by atoms with Gasteiger partial charge >= 0.3 is 11.9 Å². The van der Waals surface area contributed by atoms with Crippen molar-refractivity contribution < 1.29 is 19.4 Å². The maximum absolute atomic E-state index is 12.3. The third-order valence-electron chi connectivity index (χ3n) is 4.90. The Morgan fingerprint density at radius 1 is 0.852 bits per heavy atom. The number of benzene rings is 3. The molecule has 3 aromatic carbocycles. The van der Waals surface area contributed by atoms with Crippen molar-refractivity contribution in [3.8, 4) is 11.1 Å².